The van der Waals surface area contributed by atoms with Crippen molar-refractivity contribution in [2.24, 2.45) is 0 Å². The predicted molar refractivity (Wildman–Crippen MR) is 64.0 cm³/mol. The molecular formula is C12H17ClFN. The van der Waals surface area contributed by atoms with E-state index in [1.165, 1.54) is 6.07 Å². The first kappa shape index (κ1) is 12.3. The third-order valence-corrected chi connectivity index (χ3v) is 2.56. The number of unbranched alkanes of at least 4 members (excludes halogenated alkanes) is 1. The standard InChI is InChI=1S/C12H17ClFN/c1-3-4-5-9(2)15-12-8-10(13)6-7-11(12)14/h6-9,15H,3-5H2,1-2H3. The normalized spacial score (nSPS) is 12.5. The number of hydrogen-bond acceptors (Lipinski definition) is 1. The van der Waals surface area contributed by atoms with E-state index < -0.39 is 0 Å². The lowest BCUT2D eigenvalue weighted by Gasteiger charge is -2.15. The van der Waals surface area contributed by atoms with E-state index in [0.717, 1.165) is 19.3 Å². The van der Waals surface area contributed by atoms with E-state index in [4.69, 9.17) is 11.6 Å². The van der Waals surface area contributed by atoms with Crippen molar-refractivity contribution in [3.05, 3.63) is 29.0 Å². The van der Waals surface area contributed by atoms with Crippen LogP contribution in [0.3, 0.4) is 0 Å². The quantitative estimate of drug-likeness (QED) is 0.786. The van der Waals surface area contributed by atoms with E-state index in [-0.39, 0.29) is 11.9 Å². The Bertz CT molecular complexity index is 314. The molecule has 1 unspecified atom stereocenters. The molecule has 0 aliphatic rings. The highest BCUT2D eigenvalue weighted by molar-refractivity contribution is 6.30. The maximum Gasteiger partial charge on any atom is 0.146 e. The highest BCUT2D eigenvalue weighted by Gasteiger charge is 2.06. The number of halogens is 2. The van der Waals surface area contributed by atoms with E-state index >= 15 is 0 Å². The van der Waals surface area contributed by atoms with Crippen LogP contribution in [0, 0.1) is 5.82 Å². The van der Waals surface area contributed by atoms with Gasteiger partial charge in [0.15, 0.2) is 0 Å². The van der Waals surface area contributed by atoms with E-state index in [2.05, 4.69) is 19.2 Å². The van der Waals surface area contributed by atoms with E-state index in [1.807, 2.05) is 0 Å². The van der Waals surface area contributed by atoms with Gasteiger partial charge in [0.1, 0.15) is 5.82 Å². The summed E-state index contributed by atoms with van der Waals surface area (Å²) in [5.74, 6) is -0.247. The number of anilines is 1. The van der Waals surface area contributed by atoms with Crippen LogP contribution in [0.1, 0.15) is 33.1 Å². The Labute approximate surface area is 95.6 Å². The smallest absolute Gasteiger partial charge is 0.146 e. The Kier molecular flexibility index (Phi) is 4.89. The number of hydrogen-bond donors (Lipinski definition) is 1. The molecule has 0 saturated carbocycles. The molecule has 3 heteroatoms. The summed E-state index contributed by atoms with van der Waals surface area (Å²) in [6, 6.07) is 4.84. The van der Waals surface area contributed by atoms with Gasteiger partial charge in [-0.05, 0) is 31.5 Å². The fraction of sp³-hybridized carbons (Fsp3) is 0.500. The Morgan fingerprint density at radius 1 is 1.47 bits per heavy atom. The van der Waals surface area contributed by atoms with Gasteiger partial charge in [-0.25, -0.2) is 4.39 Å². The molecule has 1 atom stereocenters. The Balaban J connectivity index is 2.59. The average Bonchev–Trinajstić information content (AvgIpc) is 2.20. The molecule has 0 spiro atoms. The average molecular weight is 230 g/mol. The van der Waals surface area contributed by atoms with Crippen LogP contribution in [0.15, 0.2) is 18.2 Å². The summed E-state index contributed by atoms with van der Waals surface area (Å²) in [7, 11) is 0. The van der Waals surface area contributed by atoms with Crippen LogP contribution in [-0.2, 0) is 0 Å². The molecule has 0 fully saturated rings. The third kappa shape index (κ3) is 4.08. The Morgan fingerprint density at radius 2 is 2.20 bits per heavy atom. The first-order valence-corrected chi connectivity index (χ1v) is 5.73. The van der Waals surface area contributed by atoms with Crippen LogP contribution < -0.4 is 5.32 Å². The molecule has 1 nitrogen and oxygen atoms in total. The van der Waals surface area contributed by atoms with Crippen molar-refractivity contribution in [3.63, 3.8) is 0 Å². The van der Waals surface area contributed by atoms with Crippen molar-refractivity contribution < 1.29 is 4.39 Å². The zero-order valence-corrected chi connectivity index (χ0v) is 9.94. The summed E-state index contributed by atoms with van der Waals surface area (Å²) in [6.45, 7) is 4.20. The van der Waals surface area contributed by atoms with Crippen LogP contribution in [-0.4, -0.2) is 6.04 Å². The van der Waals surface area contributed by atoms with Crippen molar-refractivity contribution in [3.8, 4) is 0 Å². The van der Waals surface area contributed by atoms with Crippen LogP contribution >= 0.6 is 11.6 Å². The van der Waals surface area contributed by atoms with Crippen LogP contribution in [0.2, 0.25) is 5.02 Å². The van der Waals surface area contributed by atoms with Crippen LogP contribution in [0.25, 0.3) is 0 Å². The second-order valence-corrected chi connectivity index (χ2v) is 4.25. The van der Waals surface area contributed by atoms with Gasteiger partial charge in [-0.2, -0.15) is 0 Å². The van der Waals surface area contributed by atoms with Gasteiger partial charge in [0, 0.05) is 11.1 Å². The summed E-state index contributed by atoms with van der Waals surface area (Å²) in [5.41, 5.74) is 0.492. The van der Waals surface area contributed by atoms with Crippen LogP contribution in [0.5, 0.6) is 0 Å². The molecule has 0 aliphatic heterocycles. The highest BCUT2D eigenvalue weighted by Crippen LogP contribution is 2.21. The van der Waals surface area contributed by atoms with E-state index in [9.17, 15) is 4.39 Å². The fourth-order valence-corrected chi connectivity index (χ4v) is 1.63. The summed E-state index contributed by atoms with van der Waals surface area (Å²) < 4.78 is 13.3. The molecule has 0 bridgehead atoms. The first-order chi connectivity index (χ1) is 7.13. The van der Waals surface area contributed by atoms with Crippen molar-refractivity contribution in [1.29, 1.82) is 0 Å². The van der Waals surface area contributed by atoms with Crippen molar-refractivity contribution >= 4 is 17.3 Å². The molecule has 1 aromatic rings. The number of rotatable bonds is 5. The number of benzene rings is 1. The summed E-state index contributed by atoms with van der Waals surface area (Å²) in [6.07, 6.45) is 3.35. The molecule has 1 aromatic carbocycles. The monoisotopic (exact) mass is 229 g/mol. The minimum absolute atomic E-state index is 0.247. The maximum absolute atomic E-state index is 13.3. The molecule has 15 heavy (non-hydrogen) atoms. The van der Waals surface area contributed by atoms with Gasteiger partial charge in [0.05, 0.1) is 5.69 Å². The topological polar surface area (TPSA) is 12.0 Å². The molecule has 84 valence electrons. The van der Waals surface area contributed by atoms with Crippen molar-refractivity contribution in [2.75, 3.05) is 5.32 Å². The molecule has 0 saturated heterocycles. The van der Waals surface area contributed by atoms with Crippen LogP contribution in [0.4, 0.5) is 10.1 Å². The molecule has 0 heterocycles. The molecule has 0 aromatic heterocycles. The molecular weight excluding hydrogens is 213 g/mol. The third-order valence-electron chi connectivity index (χ3n) is 2.32. The van der Waals surface area contributed by atoms with Gasteiger partial charge >= 0.3 is 0 Å². The largest absolute Gasteiger partial charge is 0.380 e. The van der Waals surface area contributed by atoms with Gasteiger partial charge in [0.25, 0.3) is 0 Å². The van der Waals surface area contributed by atoms with E-state index in [1.54, 1.807) is 12.1 Å². The Hall–Kier alpha value is -0.760. The molecule has 1 rings (SSSR count). The van der Waals surface area contributed by atoms with Gasteiger partial charge in [-0.3, -0.25) is 0 Å². The second kappa shape index (κ2) is 5.96. The summed E-state index contributed by atoms with van der Waals surface area (Å²) >= 11 is 5.80. The molecule has 0 radical (unpaired) electrons. The Morgan fingerprint density at radius 3 is 2.87 bits per heavy atom. The highest BCUT2D eigenvalue weighted by atomic mass is 35.5. The first-order valence-electron chi connectivity index (χ1n) is 5.35. The SMILES string of the molecule is CCCCC(C)Nc1cc(Cl)ccc1F. The van der Waals surface area contributed by atoms with E-state index in [0.29, 0.717) is 10.7 Å². The minimum atomic E-state index is -0.247. The molecule has 0 amide bonds. The van der Waals surface area contributed by atoms with Crippen molar-refractivity contribution in [1.82, 2.24) is 0 Å². The van der Waals surface area contributed by atoms with Gasteiger partial charge in [-0.1, -0.05) is 31.4 Å². The van der Waals surface area contributed by atoms with Gasteiger partial charge in [0.2, 0.25) is 0 Å². The lowest BCUT2D eigenvalue weighted by molar-refractivity contribution is 0.612. The molecule has 1 N–H and O–H groups in total. The molecule has 0 aliphatic carbocycles. The second-order valence-electron chi connectivity index (χ2n) is 3.81. The lowest BCUT2D eigenvalue weighted by atomic mass is 10.1. The lowest BCUT2D eigenvalue weighted by Crippen LogP contribution is -2.15. The zero-order chi connectivity index (χ0) is 11.3. The minimum Gasteiger partial charge on any atom is -0.380 e. The summed E-state index contributed by atoms with van der Waals surface area (Å²) in [4.78, 5) is 0. The number of nitrogens with one attached hydrogen (secondary N) is 1. The fourth-order valence-electron chi connectivity index (χ4n) is 1.46. The zero-order valence-electron chi connectivity index (χ0n) is 9.19. The summed E-state index contributed by atoms with van der Waals surface area (Å²) in [5, 5.41) is 3.68. The predicted octanol–water partition coefficient (Wildman–Crippen LogP) is 4.47. The van der Waals surface area contributed by atoms with Crippen molar-refractivity contribution in [2.45, 2.75) is 39.2 Å². The van der Waals surface area contributed by atoms with Gasteiger partial charge < -0.3 is 5.32 Å². The van der Waals surface area contributed by atoms with Gasteiger partial charge in [-0.15, -0.1) is 0 Å². The maximum atomic E-state index is 13.3.